The maximum absolute atomic E-state index is 12.9. The molecule has 28 heavy (non-hydrogen) atoms. The molecule has 0 fully saturated rings. The number of hydrogen-bond acceptors (Lipinski definition) is 2. The van der Waals surface area contributed by atoms with E-state index < -0.39 is 10.8 Å². The largest absolute Gasteiger partial charge is 0.377 e. The van der Waals surface area contributed by atoms with E-state index in [9.17, 15) is 4.21 Å². The van der Waals surface area contributed by atoms with Crippen molar-refractivity contribution >= 4 is 33.4 Å². The minimum Gasteiger partial charge on any atom is -0.377 e. The van der Waals surface area contributed by atoms with Crippen molar-refractivity contribution in [2.75, 3.05) is 12.4 Å². The molecule has 1 atom stereocenters. The van der Waals surface area contributed by atoms with Crippen molar-refractivity contribution in [1.82, 2.24) is 0 Å². The van der Waals surface area contributed by atoms with Gasteiger partial charge in [-0.1, -0.05) is 73.2 Å². The fourth-order valence-electron chi connectivity index (χ4n) is 3.06. The second-order valence-electron chi connectivity index (χ2n) is 6.62. The van der Waals surface area contributed by atoms with Crippen LogP contribution in [0.4, 0.5) is 0 Å². The molecular weight excluding hydrogens is 479 g/mol. The number of unbranched alkanes of at least 4 members (excludes halogenated alkanes) is 2. The fourth-order valence-corrected chi connectivity index (χ4v) is 5.07. The Hall–Kier alpha value is -1.50. The first-order valence-corrected chi connectivity index (χ1v) is 12.0. The van der Waals surface area contributed by atoms with Crippen LogP contribution in [0.25, 0.3) is 11.1 Å². The molecule has 0 bridgehead atoms. The van der Waals surface area contributed by atoms with Crippen molar-refractivity contribution < 1.29 is 8.95 Å². The molecule has 3 rings (SSSR count). The second kappa shape index (κ2) is 11.5. The zero-order chi connectivity index (χ0) is 19.6. The molecule has 3 aromatic carbocycles. The molecule has 0 N–H and O–H groups in total. The van der Waals surface area contributed by atoms with Crippen LogP contribution < -0.4 is 0 Å². The van der Waals surface area contributed by atoms with Crippen molar-refractivity contribution in [3.63, 3.8) is 0 Å². The SMILES string of the molecule is O=S(CCCCCOCc1ccccc1)c1ccccc1-c1ccccc1I. The molecular formula is C24H25IO2S. The molecule has 0 spiro atoms. The zero-order valence-electron chi connectivity index (χ0n) is 15.9. The number of hydrogen-bond donors (Lipinski definition) is 0. The molecule has 146 valence electrons. The van der Waals surface area contributed by atoms with Crippen LogP contribution in [0.2, 0.25) is 0 Å². The van der Waals surface area contributed by atoms with Gasteiger partial charge in [0.05, 0.1) is 17.4 Å². The minimum absolute atomic E-state index is 0.663. The van der Waals surface area contributed by atoms with Crippen LogP contribution in [0.15, 0.2) is 83.8 Å². The van der Waals surface area contributed by atoms with Gasteiger partial charge in [0.1, 0.15) is 0 Å². The first-order valence-electron chi connectivity index (χ1n) is 9.59. The lowest BCUT2D eigenvalue weighted by atomic mass is 10.1. The summed E-state index contributed by atoms with van der Waals surface area (Å²) >= 11 is 2.34. The van der Waals surface area contributed by atoms with Gasteiger partial charge in [-0.3, -0.25) is 4.21 Å². The third-order valence-corrected chi connectivity index (χ3v) is 6.97. The lowest BCUT2D eigenvalue weighted by Gasteiger charge is -2.11. The number of ether oxygens (including phenoxy) is 1. The topological polar surface area (TPSA) is 26.3 Å². The van der Waals surface area contributed by atoms with Gasteiger partial charge in [-0.05, 0) is 64.3 Å². The van der Waals surface area contributed by atoms with Crippen LogP contribution in [0.3, 0.4) is 0 Å². The molecule has 0 amide bonds. The van der Waals surface area contributed by atoms with E-state index in [1.165, 1.54) is 9.13 Å². The quantitative estimate of drug-likeness (QED) is 0.234. The Morgan fingerprint density at radius 3 is 2.21 bits per heavy atom. The maximum Gasteiger partial charge on any atom is 0.0716 e. The van der Waals surface area contributed by atoms with E-state index in [1.807, 2.05) is 48.5 Å². The van der Waals surface area contributed by atoms with Crippen LogP contribution in [0.1, 0.15) is 24.8 Å². The van der Waals surface area contributed by atoms with Gasteiger partial charge in [-0.25, -0.2) is 0 Å². The fraction of sp³-hybridized carbons (Fsp3) is 0.250. The van der Waals surface area contributed by atoms with Crippen molar-refractivity contribution in [2.24, 2.45) is 0 Å². The summed E-state index contributed by atoms with van der Waals surface area (Å²) in [5.41, 5.74) is 3.44. The third-order valence-electron chi connectivity index (χ3n) is 4.53. The molecule has 1 unspecified atom stereocenters. The number of rotatable bonds is 10. The minimum atomic E-state index is -0.985. The van der Waals surface area contributed by atoms with Gasteiger partial charge >= 0.3 is 0 Å². The van der Waals surface area contributed by atoms with E-state index in [0.29, 0.717) is 12.4 Å². The molecule has 0 aliphatic heterocycles. The highest BCUT2D eigenvalue weighted by Crippen LogP contribution is 2.30. The average molecular weight is 504 g/mol. The van der Waals surface area contributed by atoms with Crippen molar-refractivity contribution in [3.8, 4) is 11.1 Å². The van der Waals surface area contributed by atoms with Gasteiger partial charge in [-0.15, -0.1) is 0 Å². The monoisotopic (exact) mass is 504 g/mol. The third kappa shape index (κ3) is 6.26. The predicted molar refractivity (Wildman–Crippen MR) is 126 cm³/mol. The Kier molecular flexibility index (Phi) is 8.70. The van der Waals surface area contributed by atoms with Crippen molar-refractivity contribution in [3.05, 3.63) is 88.0 Å². The van der Waals surface area contributed by atoms with E-state index in [0.717, 1.165) is 41.9 Å². The Morgan fingerprint density at radius 1 is 0.750 bits per heavy atom. The molecule has 0 radical (unpaired) electrons. The van der Waals surface area contributed by atoms with E-state index in [2.05, 4.69) is 52.9 Å². The van der Waals surface area contributed by atoms with Crippen molar-refractivity contribution in [2.45, 2.75) is 30.8 Å². The van der Waals surface area contributed by atoms with Gasteiger partial charge < -0.3 is 4.74 Å². The molecule has 0 saturated carbocycles. The maximum atomic E-state index is 12.9. The highest BCUT2D eigenvalue weighted by Gasteiger charge is 2.12. The van der Waals surface area contributed by atoms with E-state index >= 15 is 0 Å². The summed E-state index contributed by atoms with van der Waals surface area (Å²) in [6.07, 6.45) is 2.98. The summed E-state index contributed by atoms with van der Waals surface area (Å²) in [6.45, 7) is 1.41. The predicted octanol–water partition coefficient (Wildman–Crippen LogP) is 6.45. The number of halogens is 1. The van der Waals surface area contributed by atoms with E-state index in [-0.39, 0.29) is 0 Å². The second-order valence-corrected chi connectivity index (χ2v) is 9.33. The van der Waals surface area contributed by atoms with Gasteiger partial charge in [0.2, 0.25) is 0 Å². The lowest BCUT2D eigenvalue weighted by molar-refractivity contribution is 0.117. The molecule has 0 saturated heterocycles. The van der Waals surface area contributed by atoms with Crippen LogP contribution in [0, 0.1) is 3.57 Å². The smallest absolute Gasteiger partial charge is 0.0716 e. The summed E-state index contributed by atoms with van der Waals surface area (Å²) in [5, 5.41) is 0. The summed E-state index contributed by atoms with van der Waals surface area (Å²) in [7, 11) is -0.985. The van der Waals surface area contributed by atoms with Gasteiger partial charge in [0, 0.05) is 20.8 Å². The highest BCUT2D eigenvalue weighted by atomic mass is 127. The van der Waals surface area contributed by atoms with Crippen LogP contribution in [-0.4, -0.2) is 16.6 Å². The molecule has 4 heteroatoms. The molecule has 0 aliphatic carbocycles. The zero-order valence-corrected chi connectivity index (χ0v) is 18.8. The van der Waals surface area contributed by atoms with Crippen molar-refractivity contribution in [1.29, 1.82) is 0 Å². The normalized spacial score (nSPS) is 12.0. The summed E-state index contributed by atoms with van der Waals surface area (Å²) in [5.74, 6) is 0.694. The lowest BCUT2D eigenvalue weighted by Crippen LogP contribution is -2.02. The van der Waals surface area contributed by atoms with Crippen LogP contribution in [0.5, 0.6) is 0 Å². The average Bonchev–Trinajstić information content (AvgIpc) is 2.74. The standard InChI is InChI=1S/C24H25IO2S/c25-23-15-7-5-13-21(23)22-14-6-8-16-24(22)28(26)18-10-2-9-17-27-19-20-11-3-1-4-12-20/h1,3-8,11-16H,2,9-10,17-19H2. The Balaban J connectivity index is 1.45. The first kappa shape index (κ1) is 21.2. The molecule has 2 nitrogen and oxygen atoms in total. The van der Waals surface area contributed by atoms with E-state index in [1.54, 1.807) is 0 Å². The van der Waals surface area contributed by atoms with Crippen LogP contribution >= 0.6 is 22.6 Å². The number of benzene rings is 3. The van der Waals surface area contributed by atoms with Gasteiger partial charge in [0.15, 0.2) is 0 Å². The highest BCUT2D eigenvalue weighted by molar-refractivity contribution is 14.1. The summed E-state index contributed by atoms with van der Waals surface area (Å²) in [4.78, 5) is 0.937. The van der Waals surface area contributed by atoms with Crippen LogP contribution in [-0.2, 0) is 22.1 Å². The van der Waals surface area contributed by atoms with Gasteiger partial charge in [-0.2, -0.15) is 0 Å². The van der Waals surface area contributed by atoms with Gasteiger partial charge in [0.25, 0.3) is 0 Å². The Bertz CT molecular complexity index is 896. The Labute approximate surface area is 183 Å². The molecule has 0 aromatic heterocycles. The summed E-state index contributed by atoms with van der Waals surface area (Å²) < 4.78 is 19.8. The molecule has 3 aromatic rings. The molecule has 0 heterocycles. The molecule has 0 aliphatic rings. The summed E-state index contributed by atoms with van der Waals surface area (Å²) in [6, 6.07) is 26.5. The van der Waals surface area contributed by atoms with E-state index in [4.69, 9.17) is 4.74 Å². The Morgan fingerprint density at radius 2 is 1.43 bits per heavy atom. The first-order chi connectivity index (χ1) is 13.8.